The van der Waals surface area contributed by atoms with Crippen LogP contribution in [-0.2, 0) is 16.2 Å². The SMILES string of the molecule is CCCNC(=O)CN1C(=O)S/C(=C\c2ccc(OCc3cccc(C)c3)cc2)C1=O. The molecule has 30 heavy (non-hydrogen) atoms. The number of carbonyl (C=O) groups excluding carboxylic acids is 3. The van der Waals surface area contributed by atoms with E-state index >= 15 is 0 Å². The van der Waals surface area contributed by atoms with Crippen molar-refractivity contribution in [2.45, 2.75) is 26.9 Å². The van der Waals surface area contributed by atoms with Crippen LogP contribution in [-0.4, -0.2) is 35.0 Å². The van der Waals surface area contributed by atoms with Gasteiger partial charge in [-0.15, -0.1) is 0 Å². The first-order chi connectivity index (χ1) is 14.5. The molecule has 1 saturated heterocycles. The van der Waals surface area contributed by atoms with Crippen LogP contribution in [0, 0.1) is 6.92 Å². The van der Waals surface area contributed by atoms with Crippen molar-refractivity contribution in [3.05, 3.63) is 70.1 Å². The van der Waals surface area contributed by atoms with Crippen LogP contribution >= 0.6 is 11.8 Å². The molecule has 0 bridgehead atoms. The number of carbonyl (C=O) groups is 3. The molecule has 1 N–H and O–H groups in total. The van der Waals surface area contributed by atoms with E-state index in [2.05, 4.69) is 11.4 Å². The largest absolute Gasteiger partial charge is 0.489 e. The Bertz CT molecular complexity index is 969. The topological polar surface area (TPSA) is 75.7 Å². The second-order valence-electron chi connectivity index (χ2n) is 6.96. The van der Waals surface area contributed by atoms with Crippen LogP contribution in [0.4, 0.5) is 4.79 Å². The number of rotatable bonds is 8. The van der Waals surface area contributed by atoms with Crippen LogP contribution < -0.4 is 10.1 Å². The molecule has 0 atom stereocenters. The molecular weight excluding hydrogens is 400 g/mol. The highest BCUT2D eigenvalue weighted by atomic mass is 32.2. The lowest BCUT2D eigenvalue weighted by Gasteiger charge is -2.11. The number of nitrogens with zero attached hydrogens (tertiary/aromatic N) is 1. The minimum atomic E-state index is -0.448. The molecule has 0 saturated carbocycles. The van der Waals surface area contributed by atoms with E-state index in [1.54, 1.807) is 6.08 Å². The molecule has 0 radical (unpaired) electrons. The van der Waals surface area contributed by atoms with Crippen LogP contribution in [0.3, 0.4) is 0 Å². The highest BCUT2D eigenvalue weighted by Crippen LogP contribution is 2.32. The van der Waals surface area contributed by atoms with E-state index in [1.807, 2.05) is 56.3 Å². The van der Waals surface area contributed by atoms with Gasteiger partial charge in [-0.05, 0) is 54.4 Å². The fourth-order valence-electron chi connectivity index (χ4n) is 2.88. The first-order valence-electron chi connectivity index (χ1n) is 9.76. The maximum Gasteiger partial charge on any atom is 0.294 e. The zero-order chi connectivity index (χ0) is 21.5. The molecule has 0 aromatic heterocycles. The summed E-state index contributed by atoms with van der Waals surface area (Å²) in [5, 5.41) is 2.24. The van der Waals surface area contributed by atoms with Crippen molar-refractivity contribution in [3.63, 3.8) is 0 Å². The Hall–Kier alpha value is -3.06. The Morgan fingerprint density at radius 3 is 2.63 bits per heavy atom. The van der Waals surface area contributed by atoms with E-state index in [4.69, 9.17) is 4.74 Å². The summed E-state index contributed by atoms with van der Waals surface area (Å²) in [5.74, 6) is -0.0683. The van der Waals surface area contributed by atoms with Gasteiger partial charge in [-0.25, -0.2) is 0 Å². The molecule has 1 aliphatic rings. The monoisotopic (exact) mass is 424 g/mol. The van der Waals surface area contributed by atoms with E-state index in [9.17, 15) is 14.4 Å². The van der Waals surface area contributed by atoms with Crippen molar-refractivity contribution >= 4 is 34.9 Å². The zero-order valence-electron chi connectivity index (χ0n) is 17.0. The Kier molecular flexibility index (Phi) is 7.30. The van der Waals surface area contributed by atoms with Crippen LogP contribution in [0.5, 0.6) is 5.75 Å². The van der Waals surface area contributed by atoms with E-state index in [0.29, 0.717) is 23.8 Å². The Morgan fingerprint density at radius 1 is 1.17 bits per heavy atom. The second kappa shape index (κ2) is 10.1. The molecule has 156 valence electrons. The van der Waals surface area contributed by atoms with E-state index in [1.165, 1.54) is 5.56 Å². The van der Waals surface area contributed by atoms with Crippen LogP contribution in [0.15, 0.2) is 53.4 Å². The molecule has 1 aliphatic heterocycles. The van der Waals surface area contributed by atoms with Gasteiger partial charge < -0.3 is 10.1 Å². The quantitative estimate of drug-likeness (QED) is 0.645. The molecule has 2 aromatic rings. The van der Waals surface area contributed by atoms with Crippen molar-refractivity contribution in [1.82, 2.24) is 10.2 Å². The molecule has 1 fully saturated rings. The molecule has 3 amide bonds. The van der Waals surface area contributed by atoms with Crippen LogP contribution in [0.25, 0.3) is 6.08 Å². The summed E-state index contributed by atoms with van der Waals surface area (Å²) in [6.07, 6.45) is 2.44. The standard InChI is InChI=1S/C23H24N2O4S/c1-3-11-24-21(26)14-25-22(27)20(30-23(25)28)13-17-7-9-19(10-8-17)29-15-18-6-4-5-16(2)12-18/h4-10,12-13H,3,11,14-15H2,1-2H3,(H,24,26)/b20-13-. The van der Waals surface area contributed by atoms with Gasteiger partial charge in [0, 0.05) is 6.54 Å². The van der Waals surface area contributed by atoms with Crippen molar-refractivity contribution < 1.29 is 19.1 Å². The van der Waals surface area contributed by atoms with Gasteiger partial charge in [-0.3, -0.25) is 19.3 Å². The molecule has 7 heteroatoms. The average molecular weight is 425 g/mol. The number of benzene rings is 2. The predicted molar refractivity (Wildman–Crippen MR) is 118 cm³/mol. The molecule has 0 unspecified atom stereocenters. The minimum absolute atomic E-state index is 0.256. The lowest BCUT2D eigenvalue weighted by atomic mass is 10.1. The molecule has 3 rings (SSSR count). The molecule has 1 heterocycles. The average Bonchev–Trinajstić information content (AvgIpc) is 2.99. The normalized spacial score (nSPS) is 15.0. The zero-order valence-corrected chi connectivity index (χ0v) is 17.8. The van der Waals surface area contributed by atoms with E-state index in [-0.39, 0.29) is 12.5 Å². The second-order valence-corrected chi connectivity index (χ2v) is 7.96. The summed E-state index contributed by atoms with van der Waals surface area (Å²) in [7, 11) is 0. The number of nitrogens with one attached hydrogen (secondary N) is 1. The number of ether oxygens (including phenoxy) is 1. The van der Waals surface area contributed by atoms with Gasteiger partial charge in [0.05, 0.1) is 4.91 Å². The maximum atomic E-state index is 12.5. The molecular formula is C23H24N2O4S. The van der Waals surface area contributed by atoms with Gasteiger partial charge in [-0.1, -0.05) is 48.9 Å². The Morgan fingerprint density at radius 2 is 1.93 bits per heavy atom. The highest BCUT2D eigenvalue weighted by Gasteiger charge is 2.36. The third kappa shape index (κ3) is 5.73. The fourth-order valence-corrected chi connectivity index (χ4v) is 3.72. The molecule has 0 aliphatic carbocycles. The number of imide groups is 1. The van der Waals surface area contributed by atoms with Crippen molar-refractivity contribution in [1.29, 1.82) is 0 Å². The van der Waals surface area contributed by atoms with Gasteiger partial charge in [0.25, 0.3) is 11.1 Å². The number of hydrogen-bond donors (Lipinski definition) is 1. The summed E-state index contributed by atoms with van der Waals surface area (Å²) in [4.78, 5) is 37.7. The number of amides is 3. The third-order valence-electron chi connectivity index (χ3n) is 4.41. The smallest absolute Gasteiger partial charge is 0.294 e. The third-order valence-corrected chi connectivity index (χ3v) is 5.32. The Balaban J connectivity index is 1.60. The summed E-state index contributed by atoms with van der Waals surface area (Å²) in [6.45, 7) is 4.70. The molecule has 0 spiro atoms. The highest BCUT2D eigenvalue weighted by molar-refractivity contribution is 8.18. The van der Waals surface area contributed by atoms with Crippen molar-refractivity contribution in [2.24, 2.45) is 0 Å². The Labute approximate surface area is 180 Å². The van der Waals surface area contributed by atoms with Crippen LogP contribution in [0.1, 0.15) is 30.0 Å². The number of thioether (sulfide) groups is 1. The van der Waals surface area contributed by atoms with Crippen molar-refractivity contribution in [3.8, 4) is 5.75 Å². The lowest BCUT2D eigenvalue weighted by molar-refractivity contribution is -0.129. The number of hydrogen-bond acceptors (Lipinski definition) is 5. The summed E-state index contributed by atoms with van der Waals surface area (Å²) in [6, 6.07) is 15.4. The van der Waals surface area contributed by atoms with Gasteiger partial charge >= 0.3 is 0 Å². The first kappa shape index (κ1) is 21.6. The van der Waals surface area contributed by atoms with E-state index < -0.39 is 11.1 Å². The number of aryl methyl sites for hydroxylation is 1. The first-order valence-corrected chi connectivity index (χ1v) is 10.6. The van der Waals surface area contributed by atoms with Crippen molar-refractivity contribution in [2.75, 3.05) is 13.1 Å². The van der Waals surface area contributed by atoms with Gasteiger partial charge in [0.1, 0.15) is 18.9 Å². The maximum absolute atomic E-state index is 12.5. The summed E-state index contributed by atoms with van der Waals surface area (Å²) in [5.41, 5.74) is 3.05. The lowest BCUT2D eigenvalue weighted by Crippen LogP contribution is -2.39. The molecule has 2 aromatic carbocycles. The van der Waals surface area contributed by atoms with Gasteiger partial charge in [0.15, 0.2) is 0 Å². The van der Waals surface area contributed by atoms with Crippen LogP contribution in [0.2, 0.25) is 0 Å². The predicted octanol–water partition coefficient (Wildman–Crippen LogP) is 4.14. The van der Waals surface area contributed by atoms with E-state index in [0.717, 1.165) is 34.2 Å². The van der Waals surface area contributed by atoms with Gasteiger partial charge in [0.2, 0.25) is 5.91 Å². The fraction of sp³-hybridized carbons (Fsp3) is 0.261. The minimum Gasteiger partial charge on any atom is -0.489 e. The molecule has 6 nitrogen and oxygen atoms in total. The summed E-state index contributed by atoms with van der Waals surface area (Å²) >= 11 is 0.843. The summed E-state index contributed by atoms with van der Waals surface area (Å²) < 4.78 is 5.80. The van der Waals surface area contributed by atoms with Gasteiger partial charge in [-0.2, -0.15) is 0 Å².